The first-order chi connectivity index (χ1) is 7.58. The summed E-state index contributed by atoms with van der Waals surface area (Å²) in [4.78, 5) is 21.6. The first kappa shape index (κ1) is 10.5. The lowest BCUT2D eigenvalue weighted by atomic mass is 10.1. The molecular formula is C11H10O5. The van der Waals surface area contributed by atoms with Crippen LogP contribution in [0.4, 0.5) is 0 Å². The fourth-order valence-electron chi connectivity index (χ4n) is 1.34. The van der Waals surface area contributed by atoms with Crippen molar-refractivity contribution in [3.8, 4) is 5.75 Å². The molecule has 2 rings (SSSR count). The summed E-state index contributed by atoms with van der Waals surface area (Å²) in [6.07, 6.45) is 2.07. The van der Waals surface area contributed by atoms with Gasteiger partial charge in [0, 0.05) is 0 Å². The Hall–Kier alpha value is -2.04. The fourth-order valence-corrected chi connectivity index (χ4v) is 1.34. The van der Waals surface area contributed by atoms with E-state index in [-0.39, 0.29) is 17.2 Å². The van der Waals surface area contributed by atoms with Crippen molar-refractivity contribution < 1.29 is 24.5 Å². The van der Waals surface area contributed by atoms with Crippen molar-refractivity contribution in [3.63, 3.8) is 0 Å². The van der Waals surface area contributed by atoms with Gasteiger partial charge >= 0.3 is 11.9 Å². The van der Waals surface area contributed by atoms with Gasteiger partial charge < -0.3 is 14.9 Å². The van der Waals surface area contributed by atoms with E-state index in [0.29, 0.717) is 5.75 Å². The van der Waals surface area contributed by atoms with Crippen molar-refractivity contribution >= 4 is 11.9 Å². The molecule has 0 saturated heterocycles. The predicted octanol–water partition coefficient (Wildman–Crippen LogP) is 1.62. The van der Waals surface area contributed by atoms with Crippen LogP contribution in [0.2, 0.25) is 0 Å². The highest BCUT2D eigenvalue weighted by atomic mass is 16.5. The Bertz CT molecular complexity index is 448. The van der Waals surface area contributed by atoms with Gasteiger partial charge in [-0.2, -0.15) is 0 Å². The second kappa shape index (κ2) is 3.84. The maximum absolute atomic E-state index is 10.9. The molecule has 84 valence electrons. The highest BCUT2D eigenvalue weighted by Crippen LogP contribution is 2.28. The van der Waals surface area contributed by atoms with E-state index in [1.165, 1.54) is 18.2 Å². The molecule has 16 heavy (non-hydrogen) atoms. The molecule has 1 saturated carbocycles. The Morgan fingerprint density at radius 1 is 1.12 bits per heavy atom. The molecule has 0 amide bonds. The van der Waals surface area contributed by atoms with Crippen molar-refractivity contribution in [2.75, 3.05) is 0 Å². The molecule has 0 unspecified atom stereocenters. The van der Waals surface area contributed by atoms with Gasteiger partial charge in [0.1, 0.15) is 5.75 Å². The van der Waals surface area contributed by atoms with Gasteiger partial charge in [-0.05, 0) is 31.0 Å². The largest absolute Gasteiger partial charge is 0.490 e. The van der Waals surface area contributed by atoms with Gasteiger partial charge in [0.2, 0.25) is 0 Å². The van der Waals surface area contributed by atoms with Crippen LogP contribution in [0.25, 0.3) is 0 Å². The van der Waals surface area contributed by atoms with Crippen molar-refractivity contribution in [2.45, 2.75) is 18.9 Å². The van der Waals surface area contributed by atoms with E-state index in [1.54, 1.807) is 0 Å². The van der Waals surface area contributed by atoms with Crippen LogP contribution in [0, 0.1) is 0 Å². The van der Waals surface area contributed by atoms with Crippen LogP contribution < -0.4 is 4.74 Å². The Morgan fingerprint density at radius 3 is 2.25 bits per heavy atom. The van der Waals surface area contributed by atoms with Crippen molar-refractivity contribution in [1.82, 2.24) is 0 Å². The third kappa shape index (κ3) is 2.13. The zero-order valence-corrected chi connectivity index (χ0v) is 8.34. The molecule has 0 aromatic heterocycles. The Morgan fingerprint density at radius 2 is 1.75 bits per heavy atom. The lowest BCUT2D eigenvalue weighted by Gasteiger charge is -2.07. The van der Waals surface area contributed by atoms with Crippen LogP contribution in [-0.2, 0) is 0 Å². The first-order valence-corrected chi connectivity index (χ1v) is 4.85. The van der Waals surface area contributed by atoms with E-state index in [0.717, 1.165) is 12.8 Å². The Kier molecular flexibility index (Phi) is 2.52. The molecule has 5 heteroatoms. The maximum atomic E-state index is 10.9. The number of carboxylic acids is 2. The number of carboxylic acid groups (broad SMARTS) is 2. The maximum Gasteiger partial charge on any atom is 0.336 e. The van der Waals surface area contributed by atoms with Gasteiger partial charge in [-0.1, -0.05) is 0 Å². The molecule has 1 aliphatic carbocycles. The number of benzene rings is 1. The summed E-state index contributed by atoms with van der Waals surface area (Å²) in [6, 6.07) is 3.99. The van der Waals surface area contributed by atoms with Crippen molar-refractivity contribution in [1.29, 1.82) is 0 Å². The second-order valence-corrected chi connectivity index (χ2v) is 3.63. The molecule has 0 aliphatic heterocycles. The Balaban J connectivity index is 2.34. The van der Waals surface area contributed by atoms with Crippen LogP contribution in [0.3, 0.4) is 0 Å². The summed E-state index contributed by atoms with van der Waals surface area (Å²) in [5.74, 6) is -2.11. The molecule has 1 fully saturated rings. The van der Waals surface area contributed by atoms with E-state index in [9.17, 15) is 9.59 Å². The van der Waals surface area contributed by atoms with E-state index < -0.39 is 11.9 Å². The molecule has 2 N–H and O–H groups in total. The molecule has 1 aromatic rings. The normalized spacial score (nSPS) is 14.5. The summed E-state index contributed by atoms with van der Waals surface area (Å²) in [5, 5.41) is 17.7. The van der Waals surface area contributed by atoms with Gasteiger partial charge in [0.15, 0.2) is 0 Å². The highest BCUT2D eigenvalue weighted by Gasteiger charge is 2.24. The molecule has 0 radical (unpaired) electrons. The highest BCUT2D eigenvalue weighted by molar-refractivity contribution is 6.01. The SMILES string of the molecule is O=C(O)c1ccc(OC2CC2)cc1C(=O)O. The summed E-state index contributed by atoms with van der Waals surface area (Å²) in [6.45, 7) is 0. The monoisotopic (exact) mass is 222 g/mol. The van der Waals surface area contributed by atoms with E-state index >= 15 is 0 Å². The van der Waals surface area contributed by atoms with Gasteiger partial charge in [0.05, 0.1) is 17.2 Å². The second-order valence-electron chi connectivity index (χ2n) is 3.63. The third-order valence-corrected chi connectivity index (χ3v) is 2.28. The molecule has 0 bridgehead atoms. The van der Waals surface area contributed by atoms with Gasteiger partial charge in [0.25, 0.3) is 0 Å². The first-order valence-electron chi connectivity index (χ1n) is 4.85. The number of hydrogen-bond acceptors (Lipinski definition) is 3. The number of ether oxygens (including phenoxy) is 1. The minimum atomic E-state index is -1.27. The lowest BCUT2D eigenvalue weighted by Crippen LogP contribution is -2.08. The van der Waals surface area contributed by atoms with Crippen LogP contribution in [0.15, 0.2) is 18.2 Å². The summed E-state index contributed by atoms with van der Waals surface area (Å²) in [5.41, 5.74) is -0.471. The van der Waals surface area contributed by atoms with E-state index in [2.05, 4.69) is 0 Å². The van der Waals surface area contributed by atoms with Crippen LogP contribution in [0.5, 0.6) is 5.75 Å². The molecule has 5 nitrogen and oxygen atoms in total. The summed E-state index contributed by atoms with van der Waals surface area (Å²) < 4.78 is 5.39. The summed E-state index contributed by atoms with van der Waals surface area (Å²) >= 11 is 0. The standard InChI is InChI=1S/C11H10O5/c12-10(13)8-4-3-7(16-6-1-2-6)5-9(8)11(14)15/h3-6H,1-2H2,(H,12,13)(H,14,15). The number of aromatic carboxylic acids is 2. The third-order valence-electron chi connectivity index (χ3n) is 2.28. The minimum Gasteiger partial charge on any atom is -0.490 e. The quantitative estimate of drug-likeness (QED) is 0.808. The average molecular weight is 222 g/mol. The molecule has 0 spiro atoms. The van der Waals surface area contributed by atoms with Crippen LogP contribution in [0.1, 0.15) is 33.6 Å². The van der Waals surface area contributed by atoms with Gasteiger partial charge in [-0.3, -0.25) is 0 Å². The molecular weight excluding hydrogens is 212 g/mol. The van der Waals surface area contributed by atoms with Crippen molar-refractivity contribution in [3.05, 3.63) is 29.3 Å². The smallest absolute Gasteiger partial charge is 0.336 e. The zero-order chi connectivity index (χ0) is 11.7. The van der Waals surface area contributed by atoms with E-state index in [1.807, 2.05) is 0 Å². The average Bonchev–Trinajstić information content (AvgIpc) is 3.01. The number of hydrogen-bond donors (Lipinski definition) is 2. The number of carbonyl (C=O) groups is 2. The Labute approximate surface area is 91.3 Å². The molecule has 1 aromatic carbocycles. The minimum absolute atomic E-state index is 0.150. The van der Waals surface area contributed by atoms with Crippen LogP contribution >= 0.6 is 0 Å². The van der Waals surface area contributed by atoms with Crippen LogP contribution in [-0.4, -0.2) is 28.3 Å². The van der Waals surface area contributed by atoms with Gasteiger partial charge in [-0.15, -0.1) is 0 Å². The topological polar surface area (TPSA) is 83.8 Å². The fraction of sp³-hybridized carbons (Fsp3) is 0.273. The van der Waals surface area contributed by atoms with Crippen molar-refractivity contribution in [2.24, 2.45) is 0 Å². The lowest BCUT2D eigenvalue weighted by molar-refractivity contribution is 0.0651. The molecule has 0 heterocycles. The molecule has 1 aliphatic rings. The molecule has 0 atom stereocenters. The summed E-state index contributed by atoms with van der Waals surface area (Å²) in [7, 11) is 0. The van der Waals surface area contributed by atoms with E-state index in [4.69, 9.17) is 14.9 Å². The number of rotatable bonds is 4. The van der Waals surface area contributed by atoms with Gasteiger partial charge in [-0.25, -0.2) is 9.59 Å². The zero-order valence-electron chi connectivity index (χ0n) is 8.34. The predicted molar refractivity (Wildman–Crippen MR) is 54.0 cm³/mol.